The summed E-state index contributed by atoms with van der Waals surface area (Å²) in [6.45, 7) is 5.62. The van der Waals surface area contributed by atoms with Crippen LogP contribution in [-0.2, 0) is 17.6 Å². The van der Waals surface area contributed by atoms with Crippen LogP contribution >= 0.6 is 0 Å². The summed E-state index contributed by atoms with van der Waals surface area (Å²) < 4.78 is 98.6. The summed E-state index contributed by atoms with van der Waals surface area (Å²) in [5.41, 5.74) is -0.789. The largest absolute Gasteiger partial charge is 0.491 e. The molecule has 1 aliphatic rings. The van der Waals surface area contributed by atoms with Gasteiger partial charge in [0.1, 0.15) is 0 Å². The zero-order valence-electron chi connectivity index (χ0n) is 20.2. The van der Waals surface area contributed by atoms with E-state index in [0.29, 0.717) is 12.8 Å². The molecule has 0 saturated carbocycles. The summed E-state index contributed by atoms with van der Waals surface area (Å²) in [5.74, 6) is -7.92. The van der Waals surface area contributed by atoms with Crippen molar-refractivity contribution in [3.63, 3.8) is 0 Å². The lowest BCUT2D eigenvalue weighted by Gasteiger charge is -2.28. The molecule has 4 rings (SSSR count). The molecule has 0 aliphatic carbocycles. The molecule has 1 heterocycles. The molecular weight excluding hydrogens is 494 g/mol. The summed E-state index contributed by atoms with van der Waals surface area (Å²) >= 11 is 0. The van der Waals surface area contributed by atoms with E-state index in [0.717, 1.165) is 18.2 Å². The van der Waals surface area contributed by atoms with E-state index < -0.39 is 46.0 Å². The minimum atomic E-state index is -1.36. The van der Waals surface area contributed by atoms with Gasteiger partial charge < -0.3 is 9.47 Å². The molecule has 3 aromatic rings. The molecule has 2 nitrogen and oxygen atoms in total. The van der Waals surface area contributed by atoms with Crippen molar-refractivity contribution >= 4 is 0 Å². The maximum atomic E-state index is 14.8. The summed E-state index contributed by atoms with van der Waals surface area (Å²) in [6.07, 6.45) is 2.64. The van der Waals surface area contributed by atoms with Crippen molar-refractivity contribution in [2.24, 2.45) is 0 Å². The molecule has 3 aromatic carbocycles. The Kier molecular flexibility index (Phi) is 8.27. The van der Waals surface area contributed by atoms with Crippen molar-refractivity contribution < 1.29 is 35.8 Å². The van der Waals surface area contributed by atoms with Gasteiger partial charge in [0, 0.05) is 17.0 Å². The van der Waals surface area contributed by atoms with Gasteiger partial charge >= 0.3 is 0 Å². The summed E-state index contributed by atoms with van der Waals surface area (Å²) in [5, 5.41) is 0. The Morgan fingerprint density at radius 2 is 1.38 bits per heavy atom. The monoisotopic (exact) mass is 520 g/mol. The summed E-state index contributed by atoms with van der Waals surface area (Å²) in [4.78, 5) is 0. The Morgan fingerprint density at radius 3 is 1.97 bits per heavy atom. The highest BCUT2D eigenvalue weighted by Crippen LogP contribution is 2.34. The van der Waals surface area contributed by atoms with Gasteiger partial charge in [-0.3, -0.25) is 0 Å². The molecule has 8 heteroatoms. The molecule has 1 aliphatic heterocycles. The standard InChI is InChI=1S/C29H26F6O2/c1-3-19-10-7-18(15-37-19)20-11-8-16(24(30)26(20)32)5-6-17-9-12-21(27(33)25(17)31)22-13-14-23(36-4-2)29(35)28(22)34/h3,8-9,11-14,18-19H,1,4-7,10,15H2,2H3. The Balaban J connectivity index is 1.51. The van der Waals surface area contributed by atoms with Gasteiger partial charge in [-0.05, 0) is 61.4 Å². The highest BCUT2D eigenvalue weighted by molar-refractivity contribution is 5.66. The number of hydrogen-bond acceptors (Lipinski definition) is 2. The predicted octanol–water partition coefficient (Wildman–Crippen LogP) is 7.82. The number of hydrogen-bond donors (Lipinski definition) is 0. The highest BCUT2D eigenvalue weighted by atomic mass is 19.2. The van der Waals surface area contributed by atoms with E-state index >= 15 is 0 Å². The van der Waals surface area contributed by atoms with Crippen LogP contribution in [0.5, 0.6) is 5.75 Å². The van der Waals surface area contributed by atoms with Crippen LogP contribution in [0.1, 0.15) is 42.4 Å². The first kappa shape index (κ1) is 26.8. The topological polar surface area (TPSA) is 18.5 Å². The molecule has 196 valence electrons. The average molecular weight is 521 g/mol. The van der Waals surface area contributed by atoms with E-state index in [1.807, 2.05) is 0 Å². The zero-order valence-corrected chi connectivity index (χ0v) is 20.2. The Hall–Kier alpha value is -3.26. The lowest BCUT2D eigenvalue weighted by atomic mass is 9.89. The fourth-order valence-electron chi connectivity index (χ4n) is 4.58. The first-order chi connectivity index (χ1) is 17.8. The quantitative estimate of drug-likeness (QED) is 0.223. The van der Waals surface area contributed by atoms with Crippen molar-refractivity contribution in [3.8, 4) is 16.9 Å². The molecule has 0 radical (unpaired) electrons. The molecular formula is C29H26F6O2. The van der Waals surface area contributed by atoms with Crippen LogP contribution in [0.3, 0.4) is 0 Å². The fraction of sp³-hybridized carbons (Fsp3) is 0.310. The average Bonchev–Trinajstić information content (AvgIpc) is 2.91. The predicted molar refractivity (Wildman–Crippen MR) is 129 cm³/mol. The lowest BCUT2D eigenvalue weighted by molar-refractivity contribution is 0.0320. The van der Waals surface area contributed by atoms with Gasteiger partial charge in [-0.15, -0.1) is 6.58 Å². The maximum Gasteiger partial charge on any atom is 0.201 e. The van der Waals surface area contributed by atoms with Gasteiger partial charge in [0.05, 0.1) is 19.3 Å². The van der Waals surface area contributed by atoms with Crippen molar-refractivity contribution in [3.05, 3.63) is 101 Å². The first-order valence-electron chi connectivity index (χ1n) is 12.1. The van der Waals surface area contributed by atoms with E-state index in [2.05, 4.69) is 6.58 Å². The summed E-state index contributed by atoms with van der Waals surface area (Å²) in [7, 11) is 0. The molecule has 2 atom stereocenters. The molecule has 0 spiro atoms. The maximum absolute atomic E-state index is 14.8. The molecule has 2 unspecified atom stereocenters. The minimum absolute atomic E-state index is 0.0189. The number of rotatable bonds is 8. The molecule has 0 bridgehead atoms. The molecule has 0 amide bonds. The smallest absolute Gasteiger partial charge is 0.201 e. The fourth-order valence-corrected chi connectivity index (χ4v) is 4.58. The van der Waals surface area contributed by atoms with Crippen LogP contribution in [0.2, 0.25) is 0 Å². The van der Waals surface area contributed by atoms with Gasteiger partial charge in [0.2, 0.25) is 5.82 Å². The van der Waals surface area contributed by atoms with Gasteiger partial charge in [-0.25, -0.2) is 22.0 Å². The van der Waals surface area contributed by atoms with E-state index in [1.165, 1.54) is 18.2 Å². The third-order valence-corrected chi connectivity index (χ3v) is 6.67. The van der Waals surface area contributed by atoms with Crippen LogP contribution in [-0.4, -0.2) is 19.3 Å². The summed E-state index contributed by atoms with van der Waals surface area (Å²) in [6, 6.07) is 7.54. The second kappa shape index (κ2) is 11.4. The van der Waals surface area contributed by atoms with Crippen molar-refractivity contribution in [2.75, 3.05) is 13.2 Å². The van der Waals surface area contributed by atoms with Crippen LogP contribution in [0.4, 0.5) is 26.3 Å². The second-order valence-electron chi connectivity index (χ2n) is 8.90. The minimum Gasteiger partial charge on any atom is -0.491 e. The van der Waals surface area contributed by atoms with E-state index in [9.17, 15) is 26.3 Å². The van der Waals surface area contributed by atoms with Crippen molar-refractivity contribution in [1.29, 1.82) is 0 Å². The second-order valence-corrected chi connectivity index (χ2v) is 8.90. The first-order valence-corrected chi connectivity index (χ1v) is 12.1. The third kappa shape index (κ3) is 5.39. The van der Waals surface area contributed by atoms with E-state index in [-0.39, 0.29) is 60.5 Å². The van der Waals surface area contributed by atoms with Crippen LogP contribution in [0.15, 0.2) is 49.1 Å². The SMILES string of the molecule is C=CC1CCC(c2ccc(CCc3ccc(-c4ccc(OCC)c(F)c4F)c(F)c3F)c(F)c2F)CO1. The normalized spacial score (nSPS) is 17.6. The third-order valence-electron chi connectivity index (χ3n) is 6.67. The van der Waals surface area contributed by atoms with Crippen molar-refractivity contribution in [2.45, 2.75) is 44.6 Å². The van der Waals surface area contributed by atoms with Gasteiger partial charge in [0.15, 0.2) is 34.8 Å². The van der Waals surface area contributed by atoms with Gasteiger partial charge in [-0.1, -0.05) is 30.3 Å². The Labute approximate surface area is 211 Å². The Bertz CT molecular complexity index is 1300. The molecule has 0 N–H and O–H groups in total. The van der Waals surface area contributed by atoms with Gasteiger partial charge in [-0.2, -0.15) is 4.39 Å². The Morgan fingerprint density at radius 1 is 0.784 bits per heavy atom. The lowest BCUT2D eigenvalue weighted by Crippen LogP contribution is -2.24. The van der Waals surface area contributed by atoms with Gasteiger partial charge in [0.25, 0.3) is 0 Å². The molecule has 1 fully saturated rings. The van der Waals surface area contributed by atoms with Crippen LogP contribution < -0.4 is 4.74 Å². The number of ether oxygens (including phenoxy) is 2. The number of halogens is 6. The molecule has 1 saturated heterocycles. The van der Waals surface area contributed by atoms with Crippen molar-refractivity contribution in [1.82, 2.24) is 0 Å². The van der Waals surface area contributed by atoms with E-state index in [1.54, 1.807) is 13.0 Å². The zero-order chi connectivity index (χ0) is 26.7. The molecule has 0 aromatic heterocycles. The number of benzene rings is 3. The van der Waals surface area contributed by atoms with Crippen LogP contribution in [0, 0.1) is 34.9 Å². The molecule has 37 heavy (non-hydrogen) atoms. The van der Waals surface area contributed by atoms with E-state index in [4.69, 9.17) is 9.47 Å². The number of aryl methyl sites for hydroxylation is 2. The van der Waals surface area contributed by atoms with Crippen LogP contribution in [0.25, 0.3) is 11.1 Å². The highest BCUT2D eigenvalue weighted by Gasteiger charge is 2.26.